The van der Waals surface area contributed by atoms with E-state index in [1.807, 2.05) is 37.3 Å². The fraction of sp³-hybridized carbons (Fsp3) is 0.188. The number of amides is 2. The molecule has 2 aromatic rings. The largest absolute Gasteiger partial charge is 0.330 e. The Hall–Kier alpha value is -2.69. The molecule has 1 aromatic heterocycles. The van der Waals surface area contributed by atoms with Gasteiger partial charge in [0.15, 0.2) is 0 Å². The molecule has 0 fully saturated rings. The third-order valence-corrected chi connectivity index (χ3v) is 3.00. The number of hydrogen-bond donors (Lipinski definition) is 1. The van der Waals surface area contributed by atoms with Gasteiger partial charge in [-0.15, -0.1) is 0 Å². The standard InChI is InChI=1S/C16H17N3O2/c1-2-19(12-13-7-4-3-5-8-13)16(21)15(20)18-14-9-6-10-17-11-14/h3-11H,2,12H2,1H3,(H,18,20). The van der Waals surface area contributed by atoms with E-state index in [2.05, 4.69) is 10.3 Å². The minimum absolute atomic E-state index is 0.413. The molecule has 0 aliphatic rings. The summed E-state index contributed by atoms with van der Waals surface area (Å²) in [6.07, 6.45) is 3.10. The van der Waals surface area contributed by atoms with Crippen molar-refractivity contribution in [2.24, 2.45) is 0 Å². The zero-order valence-corrected chi connectivity index (χ0v) is 11.8. The number of benzene rings is 1. The molecule has 0 aliphatic heterocycles. The summed E-state index contributed by atoms with van der Waals surface area (Å²) in [5.74, 6) is -1.20. The van der Waals surface area contributed by atoms with E-state index in [0.717, 1.165) is 5.56 Å². The molecule has 0 saturated heterocycles. The predicted molar refractivity (Wildman–Crippen MR) is 80.4 cm³/mol. The van der Waals surface area contributed by atoms with Gasteiger partial charge in [0.2, 0.25) is 0 Å². The zero-order chi connectivity index (χ0) is 15.1. The number of rotatable bonds is 4. The van der Waals surface area contributed by atoms with E-state index in [1.54, 1.807) is 18.3 Å². The van der Waals surface area contributed by atoms with Gasteiger partial charge in [-0.1, -0.05) is 30.3 Å². The quantitative estimate of drug-likeness (QED) is 0.874. The van der Waals surface area contributed by atoms with Gasteiger partial charge in [-0.3, -0.25) is 14.6 Å². The van der Waals surface area contributed by atoms with Crippen molar-refractivity contribution < 1.29 is 9.59 Å². The van der Waals surface area contributed by atoms with Gasteiger partial charge >= 0.3 is 11.8 Å². The summed E-state index contributed by atoms with van der Waals surface area (Å²) in [5, 5.41) is 2.55. The summed E-state index contributed by atoms with van der Waals surface area (Å²) < 4.78 is 0. The number of nitrogens with zero attached hydrogens (tertiary/aromatic N) is 2. The second-order valence-corrected chi connectivity index (χ2v) is 4.50. The predicted octanol–water partition coefficient (Wildman–Crippen LogP) is 2.07. The molecule has 0 saturated carbocycles. The van der Waals surface area contributed by atoms with Crippen LogP contribution < -0.4 is 5.32 Å². The Morgan fingerprint density at radius 1 is 1.14 bits per heavy atom. The summed E-state index contributed by atoms with van der Waals surface area (Å²) in [5.41, 5.74) is 1.49. The Balaban J connectivity index is 2.01. The van der Waals surface area contributed by atoms with Crippen LogP contribution in [0.4, 0.5) is 5.69 Å². The van der Waals surface area contributed by atoms with E-state index in [0.29, 0.717) is 18.8 Å². The van der Waals surface area contributed by atoms with Crippen molar-refractivity contribution >= 4 is 17.5 Å². The third kappa shape index (κ3) is 4.14. The molecule has 0 bridgehead atoms. The van der Waals surface area contributed by atoms with Gasteiger partial charge in [-0.25, -0.2) is 0 Å². The van der Waals surface area contributed by atoms with E-state index >= 15 is 0 Å². The Bertz CT molecular complexity index is 599. The number of hydrogen-bond acceptors (Lipinski definition) is 3. The highest BCUT2D eigenvalue weighted by Gasteiger charge is 2.20. The molecule has 1 aromatic carbocycles. The Labute approximate surface area is 123 Å². The van der Waals surface area contributed by atoms with E-state index < -0.39 is 11.8 Å². The number of carbonyl (C=O) groups is 2. The van der Waals surface area contributed by atoms with Crippen LogP contribution in [-0.2, 0) is 16.1 Å². The lowest BCUT2D eigenvalue weighted by atomic mass is 10.2. The van der Waals surface area contributed by atoms with Crippen LogP contribution >= 0.6 is 0 Å². The van der Waals surface area contributed by atoms with Crippen LogP contribution in [0, 0.1) is 0 Å². The first kappa shape index (κ1) is 14.7. The molecule has 0 unspecified atom stereocenters. The molecule has 1 heterocycles. The maximum absolute atomic E-state index is 12.2. The first-order valence-electron chi connectivity index (χ1n) is 6.75. The zero-order valence-electron chi connectivity index (χ0n) is 11.8. The second kappa shape index (κ2) is 7.19. The molecule has 108 valence electrons. The highest BCUT2D eigenvalue weighted by Crippen LogP contribution is 2.07. The van der Waals surface area contributed by atoms with Gasteiger partial charge in [-0.2, -0.15) is 0 Å². The number of likely N-dealkylation sites (N-methyl/N-ethyl adjacent to an activating group) is 1. The van der Waals surface area contributed by atoms with Crippen molar-refractivity contribution in [3.8, 4) is 0 Å². The van der Waals surface area contributed by atoms with E-state index in [1.165, 1.54) is 11.1 Å². The van der Waals surface area contributed by atoms with Gasteiger partial charge in [0.25, 0.3) is 0 Å². The molecule has 0 atom stereocenters. The number of carbonyl (C=O) groups excluding carboxylic acids is 2. The molecule has 5 heteroatoms. The number of anilines is 1. The van der Waals surface area contributed by atoms with Crippen LogP contribution in [0.5, 0.6) is 0 Å². The highest BCUT2D eigenvalue weighted by atomic mass is 16.2. The topological polar surface area (TPSA) is 62.3 Å². The van der Waals surface area contributed by atoms with Crippen LogP contribution in [0.1, 0.15) is 12.5 Å². The molecular formula is C16H17N3O2. The minimum Gasteiger partial charge on any atom is -0.330 e. The highest BCUT2D eigenvalue weighted by molar-refractivity contribution is 6.39. The summed E-state index contributed by atoms with van der Waals surface area (Å²) in [6, 6.07) is 13.0. The van der Waals surface area contributed by atoms with Crippen LogP contribution in [0.15, 0.2) is 54.9 Å². The number of pyridine rings is 1. The molecule has 0 aliphatic carbocycles. The fourth-order valence-electron chi connectivity index (χ4n) is 1.90. The smallest absolute Gasteiger partial charge is 0.313 e. The van der Waals surface area contributed by atoms with Gasteiger partial charge in [0, 0.05) is 19.3 Å². The van der Waals surface area contributed by atoms with Crippen molar-refractivity contribution in [3.05, 3.63) is 60.4 Å². The van der Waals surface area contributed by atoms with Gasteiger partial charge in [0.1, 0.15) is 0 Å². The molecule has 2 amide bonds. The van der Waals surface area contributed by atoms with Gasteiger partial charge in [0.05, 0.1) is 11.9 Å². The molecule has 0 spiro atoms. The first-order valence-corrected chi connectivity index (χ1v) is 6.75. The van der Waals surface area contributed by atoms with E-state index in [9.17, 15) is 9.59 Å². The summed E-state index contributed by atoms with van der Waals surface area (Å²) in [7, 11) is 0. The van der Waals surface area contributed by atoms with Gasteiger partial charge < -0.3 is 10.2 Å². The lowest BCUT2D eigenvalue weighted by molar-refractivity contribution is -0.143. The van der Waals surface area contributed by atoms with Crippen LogP contribution in [0.3, 0.4) is 0 Å². The summed E-state index contributed by atoms with van der Waals surface area (Å²) in [6.45, 7) is 2.73. The van der Waals surface area contributed by atoms with E-state index in [-0.39, 0.29) is 0 Å². The average molecular weight is 283 g/mol. The molecule has 5 nitrogen and oxygen atoms in total. The average Bonchev–Trinajstić information content (AvgIpc) is 2.54. The van der Waals surface area contributed by atoms with Crippen LogP contribution in [0.25, 0.3) is 0 Å². The molecule has 21 heavy (non-hydrogen) atoms. The Morgan fingerprint density at radius 3 is 2.52 bits per heavy atom. The fourth-order valence-corrected chi connectivity index (χ4v) is 1.90. The van der Waals surface area contributed by atoms with E-state index in [4.69, 9.17) is 0 Å². The normalized spacial score (nSPS) is 9.95. The number of nitrogens with one attached hydrogen (secondary N) is 1. The summed E-state index contributed by atoms with van der Waals surface area (Å²) in [4.78, 5) is 29.5. The van der Waals surface area contributed by atoms with Crippen LogP contribution in [0.2, 0.25) is 0 Å². The lowest BCUT2D eigenvalue weighted by Crippen LogP contribution is -2.39. The lowest BCUT2D eigenvalue weighted by Gasteiger charge is -2.20. The van der Waals surface area contributed by atoms with Crippen LogP contribution in [-0.4, -0.2) is 28.2 Å². The van der Waals surface area contributed by atoms with Gasteiger partial charge in [-0.05, 0) is 24.6 Å². The molecular weight excluding hydrogens is 266 g/mol. The summed E-state index contributed by atoms with van der Waals surface area (Å²) >= 11 is 0. The minimum atomic E-state index is -0.652. The maximum Gasteiger partial charge on any atom is 0.313 e. The number of aromatic nitrogens is 1. The van der Waals surface area contributed by atoms with Crippen molar-refractivity contribution in [1.29, 1.82) is 0 Å². The first-order chi connectivity index (χ1) is 10.2. The SMILES string of the molecule is CCN(Cc1ccccc1)C(=O)C(=O)Nc1cccnc1. The molecule has 2 rings (SSSR count). The Kier molecular flexibility index (Phi) is 5.04. The Morgan fingerprint density at radius 2 is 1.90 bits per heavy atom. The van der Waals surface area contributed by atoms with Crippen molar-refractivity contribution in [2.75, 3.05) is 11.9 Å². The third-order valence-electron chi connectivity index (χ3n) is 3.00. The van der Waals surface area contributed by atoms with Crippen molar-refractivity contribution in [2.45, 2.75) is 13.5 Å². The van der Waals surface area contributed by atoms with Crippen molar-refractivity contribution in [3.63, 3.8) is 0 Å². The molecule has 0 radical (unpaired) electrons. The monoisotopic (exact) mass is 283 g/mol. The maximum atomic E-state index is 12.2. The van der Waals surface area contributed by atoms with Crippen molar-refractivity contribution in [1.82, 2.24) is 9.88 Å². The second-order valence-electron chi connectivity index (χ2n) is 4.50. The molecule has 1 N–H and O–H groups in total.